The summed E-state index contributed by atoms with van der Waals surface area (Å²) in [5.41, 5.74) is -0.315. The molecule has 3 atom stereocenters. The van der Waals surface area contributed by atoms with E-state index in [-0.39, 0.29) is 23.2 Å². The van der Waals surface area contributed by atoms with Crippen molar-refractivity contribution in [3.63, 3.8) is 0 Å². The number of rotatable bonds is 7. The maximum absolute atomic E-state index is 12.5. The predicted molar refractivity (Wildman–Crippen MR) is 99.2 cm³/mol. The van der Waals surface area contributed by atoms with Crippen LogP contribution in [0.1, 0.15) is 25.7 Å². The molecule has 0 aliphatic heterocycles. The first-order chi connectivity index (χ1) is 12.7. The number of nitro benzene ring substituents is 1. The molecule has 10 heteroatoms. The van der Waals surface area contributed by atoms with Crippen LogP contribution in [0.15, 0.2) is 18.2 Å². The summed E-state index contributed by atoms with van der Waals surface area (Å²) in [4.78, 5) is 23.0. The number of carbonyl (C=O) groups excluding carboxylic acids is 1. The molecular formula is C17H23N3O6S. The molecule has 2 bridgehead atoms. The van der Waals surface area contributed by atoms with E-state index in [9.17, 15) is 23.3 Å². The molecule has 0 saturated heterocycles. The fraction of sp³-hybridized carbons (Fsp3) is 0.588. The van der Waals surface area contributed by atoms with Crippen LogP contribution in [0.25, 0.3) is 0 Å². The van der Waals surface area contributed by atoms with Gasteiger partial charge in [-0.15, -0.1) is 0 Å². The van der Waals surface area contributed by atoms with E-state index < -0.39 is 27.4 Å². The van der Waals surface area contributed by atoms with Gasteiger partial charge in [0.25, 0.3) is 5.69 Å². The van der Waals surface area contributed by atoms with Crippen LogP contribution in [0.4, 0.5) is 11.4 Å². The zero-order chi connectivity index (χ0) is 19.8. The summed E-state index contributed by atoms with van der Waals surface area (Å²) in [5.74, 6) is 0.812. The van der Waals surface area contributed by atoms with Gasteiger partial charge in [-0.2, -0.15) is 0 Å². The molecule has 0 radical (unpaired) electrons. The number of ether oxygens (including phenoxy) is 1. The molecule has 1 aromatic carbocycles. The highest BCUT2D eigenvalue weighted by Crippen LogP contribution is 2.44. The largest absolute Gasteiger partial charge is 0.495 e. The molecule has 148 valence electrons. The van der Waals surface area contributed by atoms with E-state index in [2.05, 4.69) is 5.32 Å². The Morgan fingerprint density at radius 3 is 2.63 bits per heavy atom. The van der Waals surface area contributed by atoms with Gasteiger partial charge in [0.1, 0.15) is 18.0 Å². The minimum absolute atomic E-state index is 0.0303. The summed E-state index contributed by atoms with van der Waals surface area (Å²) in [6.45, 7) is -0.454. The quantitative estimate of drug-likeness (QED) is 0.552. The number of methoxy groups -OCH3 is 1. The number of benzene rings is 1. The lowest BCUT2D eigenvalue weighted by atomic mass is 9.95. The number of nitrogens with zero attached hydrogens (tertiary/aromatic N) is 2. The number of non-ortho nitro benzene ring substituents is 1. The first kappa shape index (κ1) is 19.4. The Morgan fingerprint density at radius 1 is 1.37 bits per heavy atom. The normalized spacial score (nSPS) is 23.9. The van der Waals surface area contributed by atoms with Crippen LogP contribution < -0.4 is 14.4 Å². The monoisotopic (exact) mass is 397 g/mol. The van der Waals surface area contributed by atoms with Crippen molar-refractivity contribution in [2.75, 3.05) is 24.2 Å². The van der Waals surface area contributed by atoms with Gasteiger partial charge in [0.05, 0.1) is 18.3 Å². The van der Waals surface area contributed by atoms with Gasteiger partial charge in [-0.1, -0.05) is 6.42 Å². The van der Waals surface area contributed by atoms with Gasteiger partial charge in [0.15, 0.2) is 0 Å². The van der Waals surface area contributed by atoms with E-state index in [1.54, 1.807) is 0 Å². The lowest BCUT2D eigenvalue weighted by molar-refractivity contribution is -0.384. The van der Waals surface area contributed by atoms with Gasteiger partial charge < -0.3 is 10.1 Å². The van der Waals surface area contributed by atoms with Crippen molar-refractivity contribution in [3.05, 3.63) is 28.3 Å². The third-order valence-electron chi connectivity index (χ3n) is 5.41. The highest BCUT2D eigenvalue weighted by Gasteiger charge is 2.40. The van der Waals surface area contributed by atoms with Crippen LogP contribution in [-0.2, 0) is 14.8 Å². The standard InChI is InChI=1S/C17H23N3O6S/c1-26-16-6-5-13(20(22)23)9-15(16)19(27(2,24)25)10-17(21)18-14-8-11-3-4-12(14)7-11/h5-6,9,11-12,14H,3-4,7-8,10H2,1-2H3,(H,18,21)/t11-,12-,14-/m1/s1. The van der Waals surface area contributed by atoms with Gasteiger partial charge in [0.2, 0.25) is 15.9 Å². The lowest BCUT2D eigenvalue weighted by Gasteiger charge is -2.27. The summed E-state index contributed by atoms with van der Waals surface area (Å²) in [6, 6.07) is 3.71. The highest BCUT2D eigenvalue weighted by molar-refractivity contribution is 7.92. The summed E-state index contributed by atoms with van der Waals surface area (Å²) in [6.07, 6.45) is 5.27. The molecule has 9 nitrogen and oxygen atoms in total. The highest BCUT2D eigenvalue weighted by atomic mass is 32.2. The smallest absolute Gasteiger partial charge is 0.271 e. The second-order valence-electron chi connectivity index (χ2n) is 7.23. The molecule has 2 aliphatic carbocycles. The van der Waals surface area contributed by atoms with E-state index >= 15 is 0 Å². The molecule has 0 heterocycles. The lowest BCUT2D eigenvalue weighted by Crippen LogP contribution is -2.45. The maximum atomic E-state index is 12.5. The van der Waals surface area contributed by atoms with Crippen molar-refractivity contribution >= 4 is 27.3 Å². The number of hydrogen-bond donors (Lipinski definition) is 1. The number of amides is 1. The third kappa shape index (κ3) is 4.15. The Bertz CT molecular complexity index is 856. The number of sulfonamides is 1. The molecule has 1 amide bonds. The number of hydrogen-bond acceptors (Lipinski definition) is 6. The number of carbonyl (C=O) groups is 1. The molecular weight excluding hydrogens is 374 g/mol. The molecule has 2 fully saturated rings. The molecule has 0 aromatic heterocycles. The summed E-state index contributed by atoms with van der Waals surface area (Å²) < 4.78 is 30.6. The van der Waals surface area contributed by atoms with Crippen molar-refractivity contribution in [2.24, 2.45) is 11.8 Å². The zero-order valence-corrected chi connectivity index (χ0v) is 16.1. The Labute approximate surface area is 157 Å². The van der Waals surface area contributed by atoms with Crippen LogP contribution in [0.3, 0.4) is 0 Å². The summed E-state index contributed by atoms with van der Waals surface area (Å²) in [7, 11) is -2.53. The number of fused-ring (bicyclic) bond motifs is 2. The van der Waals surface area contributed by atoms with Crippen molar-refractivity contribution in [2.45, 2.75) is 31.7 Å². The van der Waals surface area contributed by atoms with Crippen LogP contribution in [-0.4, -0.2) is 45.2 Å². The topological polar surface area (TPSA) is 119 Å². The number of nitrogens with one attached hydrogen (secondary N) is 1. The second kappa shape index (κ2) is 7.34. The van der Waals surface area contributed by atoms with Crippen LogP contribution in [0.2, 0.25) is 0 Å². The van der Waals surface area contributed by atoms with Gasteiger partial charge in [-0.05, 0) is 37.2 Å². The first-order valence-corrected chi connectivity index (χ1v) is 10.6. The average Bonchev–Trinajstić information content (AvgIpc) is 3.21. The van der Waals surface area contributed by atoms with Gasteiger partial charge in [-0.25, -0.2) is 8.42 Å². The van der Waals surface area contributed by atoms with E-state index in [4.69, 9.17) is 4.74 Å². The van der Waals surface area contributed by atoms with Crippen molar-refractivity contribution in [1.29, 1.82) is 0 Å². The van der Waals surface area contributed by atoms with Crippen molar-refractivity contribution in [1.82, 2.24) is 5.32 Å². The molecule has 3 rings (SSSR count). The van der Waals surface area contributed by atoms with E-state index in [1.165, 1.54) is 25.7 Å². The van der Waals surface area contributed by atoms with Gasteiger partial charge in [0, 0.05) is 18.2 Å². The van der Waals surface area contributed by atoms with Crippen LogP contribution in [0, 0.1) is 22.0 Å². The SMILES string of the molecule is COc1ccc([N+](=O)[O-])cc1N(CC(=O)N[C@@H]1C[C@@H]2CC[C@@H]1C2)S(C)(=O)=O. The first-order valence-electron chi connectivity index (χ1n) is 8.78. The molecule has 2 saturated carbocycles. The Kier molecular flexibility index (Phi) is 5.27. The Morgan fingerprint density at radius 2 is 2.11 bits per heavy atom. The molecule has 27 heavy (non-hydrogen) atoms. The minimum atomic E-state index is -3.86. The Hall–Kier alpha value is -2.36. The Balaban J connectivity index is 1.83. The summed E-state index contributed by atoms with van der Waals surface area (Å²) >= 11 is 0. The third-order valence-corrected chi connectivity index (χ3v) is 6.54. The van der Waals surface area contributed by atoms with E-state index in [0.717, 1.165) is 35.9 Å². The molecule has 0 unspecified atom stereocenters. The second-order valence-corrected chi connectivity index (χ2v) is 9.14. The average molecular weight is 397 g/mol. The van der Waals surface area contributed by atoms with Gasteiger partial charge >= 0.3 is 0 Å². The molecule has 0 spiro atoms. The zero-order valence-electron chi connectivity index (χ0n) is 15.3. The van der Waals surface area contributed by atoms with E-state index in [0.29, 0.717) is 11.8 Å². The maximum Gasteiger partial charge on any atom is 0.271 e. The minimum Gasteiger partial charge on any atom is -0.495 e. The number of nitro groups is 1. The van der Waals surface area contributed by atoms with Crippen molar-refractivity contribution < 1.29 is 22.9 Å². The van der Waals surface area contributed by atoms with Gasteiger partial charge in [-0.3, -0.25) is 19.2 Å². The molecule has 2 aliphatic rings. The predicted octanol–water partition coefficient (Wildman–Crippen LogP) is 1.67. The fourth-order valence-electron chi connectivity index (χ4n) is 4.17. The molecule has 1 N–H and O–H groups in total. The van der Waals surface area contributed by atoms with Crippen molar-refractivity contribution in [3.8, 4) is 5.75 Å². The number of anilines is 1. The van der Waals surface area contributed by atoms with Crippen LogP contribution >= 0.6 is 0 Å². The van der Waals surface area contributed by atoms with Crippen LogP contribution in [0.5, 0.6) is 5.75 Å². The summed E-state index contributed by atoms with van der Waals surface area (Å²) in [5, 5.41) is 14.0. The van der Waals surface area contributed by atoms with E-state index in [1.807, 2.05) is 0 Å². The molecule has 1 aromatic rings. The fourth-order valence-corrected chi connectivity index (χ4v) is 5.02.